The van der Waals surface area contributed by atoms with Gasteiger partial charge in [0.2, 0.25) is 5.91 Å². The molecule has 0 aromatic heterocycles. The molecule has 126 valence electrons. The van der Waals surface area contributed by atoms with E-state index in [9.17, 15) is 9.00 Å². The monoisotopic (exact) mass is 341 g/mol. The number of carbonyl (C=O) groups excluding carboxylic acids is 1. The number of amides is 1. The van der Waals surface area contributed by atoms with Gasteiger partial charge in [-0.2, -0.15) is 0 Å². The summed E-state index contributed by atoms with van der Waals surface area (Å²) in [7, 11) is 0.566. The molecule has 0 N–H and O–H groups in total. The van der Waals surface area contributed by atoms with Gasteiger partial charge in [-0.1, -0.05) is 72.8 Å². The fourth-order valence-corrected chi connectivity index (χ4v) is 3.23. The van der Waals surface area contributed by atoms with Gasteiger partial charge in [0.25, 0.3) is 0 Å². The van der Waals surface area contributed by atoms with Gasteiger partial charge in [-0.25, -0.2) is 0 Å². The van der Waals surface area contributed by atoms with Crippen LogP contribution < -0.4 is 0 Å². The molecular formula is C20H23NO2S. The van der Waals surface area contributed by atoms with Crippen molar-refractivity contribution in [2.75, 3.05) is 18.6 Å². The predicted molar refractivity (Wildman–Crippen MR) is 101 cm³/mol. The van der Waals surface area contributed by atoms with Crippen LogP contribution in [0.4, 0.5) is 0 Å². The standard InChI is InChI=1S/C20H23NO2S/c1-17(19-13-7-4-8-14-19)21(2)20(22)16-24(23)15-9-12-18-10-5-3-6-11-18/h3-14,17H,15-16H2,1-2H3/b12-9+/t17-,24-/m1/s1. The van der Waals surface area contributed by atoms with Crippen molar-refractivity contribution in [2.24, 2.45) is 0 Å². The Hall–Kier alpha value is -2.20. The zero-order chi connectivity index (χ0) is 17.4. The molecule has 0 unspecified atom stereocenters. The smallest absolute Gasteiger partial charge is 0.235 e. The molecule has 0 bridgehead atoms. The molecule has 24 heavy (non-hydrogen) atoms. The highest BCUT2D eigenvalue weighted by Gasteiger charge is 2.18. The first-order valence-corrected chi connectivity index (χ1v) is 9.44. The van der Waals surface area contributed by atoms with Crippen molar-refractivity contribution in [3.05, 3.63) is 77.9 Å². The van der Waals surface area contributed by atoms with Gasteiger partial charge in [0.05, 0.1) is 6.04 Å². The van der Waals surface area contributed by atoms with Crippen LogP contribution in [0.5, 0.6) is 0 Å². The first-order chi connectivity index (χ1) is 11.6. The number of hydrogen-bond donors (Lipinski definition) is 0. The molecular weight excluding hydrogens is 318 g/mol. The van der Waals surface area contributed by atoms with Gasteiger partial charge in [-0.05, 0) is 18.1 Å². The third-order valence-corrected chi connectivity index (χ3v) is 5.07. The highest BCUT2D eigenvalue weighted by atomic mass is 32.2. The van der Waals surface area contributed by atoms with Crippen LogP contribution in [0.1, 0.15) is 24.1 Å². The fraction of sp³-hybridized carbons (Fsp3) is 0.250. The van der Waals surface area contributed by atoms with Crippen molar-refractivity contribution >= 4 is 22.8 Å². The van der Waals surface area contributed by atoms with Crippen molar-refractivity contribution < 1.29 is 9.00 Å². The van der Waals surface area contributed by atoms with Crippen LogP contribution in [-0.2, 0) is 15.6 Å². The Kier molecular flexibility index (Phi) is 6.94. The van der Waals surface area contributed by atoms with E-state index in [1.165, 1.54) is 0 Å². The second-order valence-corrected chi connectivity index (χ2v) is 7.16. The highest BCUT2D eigenvalue weighted by Crippen LogP contribution is 2.18. The van der Waals surface area contributed by atoms with Gasteiger partial charge < -0.3 is 4.90 Å². The lowest BCUT2D eigenvalue weighted by molar-refractivity contribution is -0.129. The lowest BCUT2D eigenvalue weighted by Crippen LogP contribution is -2.33. The van der Waals surface area contributed by atoms with Gasteiger partial charge in [0.1, 0.15) is 5.75 Å². The summed E-state index contributed by atoms with van der Waals surface area (Å²) < 4.78 is 12.1. The second kappa shape index (κ2) is 9.18. The Bertz CT molecular complexity index is 698. The quantitative estimate of drug-likeness (QED) is 0.770. The van der Waals surface area contributed by atoms with Crippen LogP contribution in [0.2, 0.25) is 0 Å². The topological polar surface area (TPSA) is 37.4 Å². The Balaban J connectivity index is 1.84. The van der Waals surface area contributed by atoms with Gasteiger partial charge in [0.15, 0.2) is 0 Å². The minimum absolute atomic E-state index is 0.0319. The summed E-state index contributed by atoms with van der Waals surface area (Å²) in [6.45, 7) is 1.98. The van der Waals surface area contributed by atoms with Crippen molar-refractivity contribution in [3.8, 4) is 0 Å². The van der Waals surface area contributed by atoms with E-state index < -0.39 is 10.8 Å². The summed E-state index contributed by atoms with van der Waals surface area (Å²) >= 11 is 0. The average molecular weight is 341 g/mol. The lowest BCUT2D eigenvalue weighted by atomic mass is 10.1. The van der Waals surface area contributed by atoms with Crippen LogP contribution in [0.3, 0.4) is 0 Å². The van der Waals surface area contributed by atoms with Crippen molar-refractivity contribution in [2.45, 2.75) is 13.0 Å². The Morgan fingerprint density at radius 1 is 1.08 bits per heavy atom. The molecule has 2 rings (SSSR count). The van der Waals surface area contributed by atoms with E-state index in [0.717, 1.165) is 11.1 Å². The molecule has 2 aromatic rings. The predicted octanol–water partition coefficient (Wildman–Crippen LogP) is 3.67. The lowest BCUT2D eigenvalue weighted by Gasteiger charge is -2.25. The molecule has 1 amide bonds. The molecule has 2 aromatic carbocycles. The maximum atomic E-state index is 12.3. The number of rotatable bonds is 7. The minimum atomic E-state index is -1.20. The molecule has 0 fully saturated rings. The van der Waals surface area contributed by atoms with Crippen molar-refractivity contribution in [1.29, 1.82) is 0 Å². The van der Waals surface area contributed by atoms with Crippen molar-refractivity contribution in [3.63, 3.8) is 0 Å². The summed E-state index contributed by atoms with van der Waals surface area (Å²) in [5.74, 6) is 0.332. The Morgan fingerprint density at radius 3 is 2.29 bits per heavy atom. The van der Waals surface area contributed by atoms with Crippen LogP contribution >= 0.6 is 0 Å². The van der Waals surface area contributed by atoms with E-state index in [0.29, 0.717) is 5.75 Å². The molecule has 2 atom stereocenters. The maximum Gasteiger partial charge on any atom is 0.235 e. The largest absolute Gasteiger partial charge is 0.338 e. The Labute approximate surface area is 146 Å². The fourth-order valence-electron chi connectivity index (χ4n) is 2.33. The van der Waals surface area contributed by atoms with Gasteiger partial charge >= 0.3 is 0 Å². The molecule has 0 heterocycles. The number of benzene rings is 2. The van der Waals surface area contributed by atoms with Gasteiger partial charge in [-0.15, -0.1) is 0 Å². The first-order valence-electron chi connectivity index (χ1n) is 7.95. The number of hydrogen-bond acceptors (Lipinski definition) is 2. The van der Waals surface area contributed by atoms with E-state index in [1.807, 2.05) is 79.7 Å². The summed E-state index contributed by atoms with van der Waals surface area (Å²) in [5.41, 5.74) is 2.14. The SMILES string of the molecule is C[C@H](c1ccccc1)N(C)C(=O)C[S@](=O)C/C=C/c1ccccc1. The third-order valence-electron chi connectivity index (χ3n) is 3.93. The molecule has 0 aliphatic carbocycles. The minimum Gasteiger partial charge on any atom is -0.338 e. The van der Waals surface area contributed by atoms with E-state index in [1.54, 1.807) is 11.9 Å². The molecule has 3 nitrogen and oxygen atoms in total. The van der Waals surface area contributed by atoms with Crippen molar-refractivity contribution in [1.82, 2.24) is 4.90 Å². The number of nitrogens with zero attached hydrogens (tertiary/aromatic N) is 1. The normalized spacial score (nSPS) is 13.6. The maximum absolute atomic E-state index is 12.3. The Morgan fingerprint density at radius 2 is 1.67 bits per heavy atom. The first kappa shape index (κ1) is 18.1. The van der Waals surface area contributed by atoms with E-state index in [4.69, 9.17) is 0 Å². The zero-order valence-corrected chi connectivity index (χ0v) is 14.9. The van der Waals surface area contributed by atoms with Gasteiger partial charge in [0, 0.05) is 23.6 Å². The summed E-state index contributed by atoms with van der Waals surface area (Å²) in [6.07, 6.45) is 3.79. The van der Waals surface area contributed by atoms with E-state index >= 15 is 0 Å². The second-order valence-electron chi connectivity index (χ2n) is 5.66. The van der Waals surface area contributed by atoms with Crippen LogP contribution in [0.25, 0.3) is 6.08 Å². The summed E-state index contributed by atoms with van der Waals surface area (Å²) in [5, 5.41) is 0. The van der Waals surface area contributed by atoms with Crippen LogP contribution in [0, 0.1) is 0 Å². The molecule has 0 aliphatic heterocycles. The molecule has 0 spiro atoms. The molecule has 0 saturated heterocycles. The highest BCUT2D eigenvalue weighted by molar-refractivity contribution is 7.85. The van der Waals surface area contributed by atoms with E-state index in [-0.39, 0.29) is 17.7 Å². The molecule has 0 saturated carbocycles. The number of carbonyl (C=O) groups is 1. The van der Waals surface area contributed by atoms with Crippen LogP contribution in [-0.4, -0.2) is 33.6 Å². The van der Waals surface area contributed by atoms with E-state index in [2.05, 4.69) is 0 Å². The molecule has 0 radical (unpaired) electrons. The van der Waals surface area contributed by atoms with Crippen LogP contribution in [0.15, 0.2) is 66.7 Å². The molecule has 4 heteroatoms. The summed E-state index contributed by atoms with van der Waals surface area (Å²) in [6, 6.07) is 19.7. The average Bonchev–Trinajstić information content (AvgIpc) is 2.62. The van der Waals surface area contributed by atoms with Gasteiger partial charge in [-0.3, -0.25) is 9.00 Å². The molecule has 0 aliphatic rings. The zero-order valence-electron chi connectivity index (χ0n) is 14.1. The third kappa shape index (κ3) is 5.46. The summed E-state index contributed by atoms with van der Waals surface area (Å²) in [4.78, 5) is 14.0.